The molecule has 0 fully saturated rings. The molecule has 0 saturated carbocycles. The van der Waals surface area contributed by atoms with Crippen molar-refractivity contribution in [3.8, 4) is 11.3 Å². The van der Waals surface area contributed by atoms with Gasteiger partial charge in [0.15, 0.2) is 0 Å². The summed E-state index contributed by atoms with van der Waals surface area (Å²) < 4.78 is 53.4. The van der Waals surface area contributed by atoms with E-state index in [2.05, 4.69) is 23.6 Å². The number of aromatic nitrogens is 1. The van der Waals surface area contributed by atoms with Crippen molar-refractivity contribution in [3.63, 3.8) is 0 Å². The summed E-state index contributed by atoms with van der Waals surface area (Å²) in [4.78, 5) is 3.93. The summed E-state index contributed by atoms with van der Waals surface area (Å²) >= 11 is 0. The molecule has 0 spiro atoms. The van der Waals surface area contributed by atoms with Crippen molar-refractivity contribution >= 4 is 11.0 Å². The van der Waals surface area contributed by atoms with Crippen LogP contribution in [0.4, 0.5) is 13.2 Å². The highest BCUT2D eigenvalue weighted by molar-refractivity contribution is 7.84. The van der Waals surface area contributed by atoms with E-state index in [4.69, 9.17) is 0 Å². The summed E-state index contributed by atoms with van der Waals surface area (Å²) in [6, 6.07) is 9.82. The molecule has 2 aromatic rings. The molecular weight excluding hydrogens is 385 g/mol. The number of rotatable bonds is 6. The van der Waals surface area contributed by atoms with Crippen LogP contribution in [-0.2, 0) is 17.2 Å². The molecule has 0 amide bonds. The number of nitrogens with zero attached hydrogens (tertiary/aromatic N) is 1. The normalized spacial score (nSPS) is 14.9. The smallest absolute Gasteiger partial charge is 0.256 e. The van der Waals surface area contributed by atoms with Gasteiger partial charge in [-0.2, -0.15) is 13.2 Å². The van der Waals surface area contributed by atoms with Gasteiger partial charge in [-0.3, -0.25) is 4.98 Å². The van der Waals surface area contributed by atoms with Crippen LogP contribution in [0.5, 0.6) is 0 Å². The summed E-state index contributed by atoms with van der Waals surface area (Å²) in [5.41, 5.74) is 1.43. The molecule has 2 unspecified atom stereocenters. The van der Waals surface area contributed by atoms with Crippen molar-refractivity contribution in [1.29, 1.82) is 0 Å². The molecule has 28 heavy (non-hydrogen) atoms. The zero-order valence-electron chi connectivity index (χ0n) is 16.8. The van der Waals surface area contributed by atoms with E-state index in [0.717, 1.165) is 29.8 Å². The van der Waals surface area contributed by atoms with E-state index >= 15 is 0 Å². The van der Waals surface area contributed by atoms with Gasteiger partial charge in [0.1, 0.15) is 0 Å². The molecule has 0 radical (unpaired) electrons. The predicted molar refractivity (Wildman–Crippen MR) is 108 cm³/mol. The van der Waals surface area contributed by atoms with Gasteiger partial charge in [-0.25, -0.2) is 8.93 Å². The average Bonchev–Trinajstić information content (AvgIpc) is 2.59. The summed E-state index contributed by atoms with van der Waals surface area (Å²) in [5.74, 6) is 0.408. The fourth-order valence-electron chi connectivity index (χ4n) is 2.65. The first-order valence-electron chi connectivity index (χ1n) is 9.19. The standard InChI is InChI=1S/C21H27F3N2OS/c1-14(2)12-19(26-28(27)20(3,4)5)16-8-6-15(7-9-16)18-11-10-17(13-25-18)21(22,23)24/h6-11,13-14,19,26H,12H2,1-5H3. The van der Waals surface area contributed by atoms with E-state index in [1.807, 2.05) is 45.0 Å². The van der Waals surface area contributed by atoms with E-state index in [1.165, 1.54) is 6.07 Å². The van der Waals surface area contributed by atoms with Crippen molar-refractivity contribution in [3.05, 3.63) is 53.7 Å². The molecule has 1 aromatic carbocycles. The van der Waals surface area contributed by atoms with Gasteiger partial charge in [0.2, 0.25) is 0 Å². The Kier molecular flexibility index (Phi) is 7.04. The first-order valence-corrected chi connectivity index (χ1v) is 10.3. The third-order valence-electron chi connectivity index (χ3n) is 4.21. The Balaban J connectivity index is 2.23. The lowest BCUT2D eigenvalue weighted by molar-refractivity contribution is -0.137. The van der Waals surface area contributed by atoms with Gasteiger partial charge in [0.25, 0.3) is 0 Å². The van der Waals surface area contributed by atoms with Gasteiger partial charge >= 0.3 is 6.18 Å². The third-order valence-corrected chi connectivity index (χ3v) is 5.82. The summed E-state index contributed by atoms with van der Waals surface area (Å²) in [7, 11) is -1.21. The zero-order chi connectivity index (χ0) is 21.1. The Hall–Kier alpha value is -1.73. The van der Waals surface area contributed by atoms with Crippen LogP contribution in [0.15, 0.2) is 42.6 Å². The van der Waals surface area contributed by atoms with E-state index in [1.54, 1.807) is 0 Å². The van der Waals surface area contributed by atoms with Crippen LogP contribution < -0.4 is 4.72 Å². The van der Waals surface area contributed by atoms with Gasteiger partial charge < -0.3 is 0 Å². The Morgan fingerprint density at radius 3 is 2.07 bits per heavy atom. The lowest BCUT2D eigenvalue weighted by Gasteiger charge is -2.26. The van der Waals surface area contributed by atoms with Gasteiger partial charge in [0, 0.05) is 17.8 Å². The lowest BCUT2D eigenvalue weighted by atomic mass is 9.96. The first-order chi connectivity index (χ1) is 12.9. The summed E-state index contributed by atoms with van der Waals surface area (Å²) in [6.07, 6.45) is -2.73. The number of halogens is 3. The molecule has 3 nitrogen and oxygen atoms in total. The predicted octanol–water partition coefficient (Wildman–Crippen LogP) is 5.91. The van der Waals surface area contributed by atoms with Crippen LogP contribution in [-0.4, -0.2) is 13.9 Å². The first kappa shape index (κ1) is 22.6. The minimum atomic E-state index is -4.40. The monoisotopic (exact) mass is 412 g/mol. The molecular formula is C21H27F3N2OS. The quantitative estimate of drug-likeness (QED) is 0.641. The Labute approximate surface area is 167 Å². The summed E-state index contributed by atoms with van der Waals surface area (Å²) in [6.45, 7) is 9.97. The molecule has 0 aliphatic rings. The maximum Gasteiger partial charge on any atom is 0.417 e. The number of hydrogen-bond acceptors (Lipinski definition) is 2. The maximum atomic E-state index is 12.7. The van der Waals surface area contributed by atoms with Crippen LogP contribution >= 0.6 is 0 Å². The van der Waals surface area contributed by atoms with Crippen LogP contribution in [0.3, 0.4) is 0 Å². The summed E-state index contributed by atoms with van der Waals surface area (Å²) in [5, 5.41) is 0. The van der Waals surface area contributed by atoms with Crippen molar-refractivity contribution < 1.29 is 17.4 Å². The SMILES string of the molecule is CC(C)CC(NS(=O)C(C)(C)C)c1ccc(-c2ccc(C(F)(F)F)cn2)cc1. The van der Waals surface area contributed by atoms with E-state index < -0.39 is 22.7 Å². The van der Waals surface area contributed by atoms with Gasteiger partial charge in [-0.05, 0) is 50.8 Å². The number of pyridine rings is 1. The van der Waals surface area contributed by atoms with Crippen molar-refractivity contribution in [2.24, 2.45) is 5.92 Å². The van der Waals surface area contributed by atoms with Gasteiger partial charge in [-0.1, -0.05) is 38.1 Å². The molecule has 1 aromatic heterocycles. The molecule has 0 aliphatic heterocycles. The minimum Gasteiger partial charge on any atom is -0.256 e. The van der Waals surface area contributed by atoms with E-state index in [-0.39, 0.29) is 10.8 Å². The van der Waals surface area contributed by atoms with Crippen molar-refractivity contribution in [2.45, 2.75) is 58.0 Å². The highest BCUT2D eigenvalue weighted by atomic mass is 32.2. The highest BCUT2D eigenvalue weighted by Gasteiger charge is 2.30. The second kappa shape index (κ2) is 8.74. The van der Waals surface area contributed by atoms with Gasteiger partial charge in [-0.15, -0.1) is 0 Å². The largest absolute Gasteiger partial charge is 0.417 e. The number of alkyl halides is 3. The molecule has 0 bridgehead atoms. The van der Waals surface area contributed by atoms with Crippen LogP contribution in [0.25, 0.3) is 11.3 Å². The second-order valence-corrected chi connectivity index (χ2v) is 10.2. The Bertz CT molecular complexity index is 794. The van der Waals surface area contributed by atoms with Crippen LogP contribution in [0.1, 0.15) is 58.2 Å². The molecule has 154 valence electrons. The van der Waals surface area contributed by atoms with Gasteiger partial charge in [0.05, 0.1) is 27.0 Å². The second-order valence-electron chi connectivity index (χ2n) is 8.23. The number of nitrogens with one attached hydrogen (secondary N) is 1. The van der Waals surface area contributed by atoms with Crippen molar-refractivity contribution in [1.82, 2.24) is 9.71 Å². The molecule has 0 saturated heterocycles. The fourth-order valence-corrected chi connectivity index (χ4v) is 3.49. The topological polar surface area (TPSA) is 42.0 Å². The van der Waals surface area contributed by atoms with Crippen LogP contribution in [0.2, 0.25) is 0 Å². The van der Waals surface area contributed by atoms with E-state index in [0.29, 0.717) is 11.6 Å². The fraction of sp³-hybridized carbons (Fsp3) is 0.476. The van der Waals surface area contributed by atoms with Crippen LogP contribution in [0, 0.1) is 5.92 Å². The molecule has 1 N–H and O–H groups in total. The minimum absolute atomic E-state index is 0.0744. The maximum absolute atomic E-state index is 12.7. The zero-order valence-corrected chi connectivity index (χ0v) is 17.6. The van der Waals surface area contributed by atoms with E-state index in [9.17, 15) is 17.4 Å². The average molecular weight is 413 g/mol. The Morgan fingerprint density at radius 2 is 1.64 bits per heavy atom. The molecule has 0 aliphatic carbocycles. The molecule has 2 rings (SSSR count). The highest BCUT2D eigenvalue weighted by Crippen LogP contribution is 2.30. The molecule has 2 atom stereocenters. The third kappa shape index (κ3) is 6.14. The molecule has 1 heterocycles. The lowest BCUT2D eigenvalue weighted by Crippen LogP contribution is -2.36. The Morgan fingerprint density at radius 1 is 1.04 bits per heavy atom. The molecule has 7 heteroatoms. The number of benzene rings is 1. The number of hydrogen-bond donors (Lipinski definition) is 1. The van der Waals surface area contributed by atoms with Crippen molar-refractivity contribution in [2.75, 3.05) is 0 Å².